The monoisotopic (exact) mass is 310 g/mol. The molecule has 0 aromatic carbocycles. The fourth-order valence-electron chi connectivity index (χ4n) is 1.33. The molecule has 1 unspecified atom stereocenters. The number of nitrogens with two attached hydrogens (primary N) is 1. The van der Waals surface area contributed by atoms with Crippen LogP contribution in [0, 0.1) is 0 Å². The molecule has 0 fully saturated rings. The van der Waals surface area contributed by atoms with Gasteiger partial charge in [0, 0.05) is 34.2 Å². The van der Waals surface area contributed by atoms with E-state index in [1.54, 1.807) is 18.4 Å². The maximum absolute atomic E-state index is 11.9. The van der Waals surface area contributed by atoms with Crippen LogP contribution in [-0.2, 0) is 27.2 Å². The third-order valence-corrected chi connectivity index (χ3v) is 6.15. The minimum absolute atomic E-state index is 0.309. The Balaban J connectivity index is 2.54. The van der Waals surface area contributed by atoms with Gasteiger partial charge in [-0.3, -0.25) is 4.21 Å². The van der Waals surface area contributed by atoms with Crippen LogP contribution in [0.5, 0.6) is 0 Å². The van der Waals surface area contributed by atoms with Gasteiger partial charge in [-0.15, -0.1) is 11.3 Å². The Morgan fingerprint density at radius 1 is 1.44 bits per heavy atom. The van der Waals surface area contributed by atoms with Crippen LogP contribution in [0.25, 0.3) is 0 Å². The zero-order valence-electron chi connectivity index (χ0n) is 10.2. The summed E-state index contributed by atoms with van der Waals surface area (Å²) in [6.07, 6.45) is 2.87. The second-order valence-corrected chi connectivity index (χ2v) is 8.50. The second-order valence-electron chi connectivity index (χ2n) is 3.79. The second kappa shape index (κ2) is 7.34. The van der Waals surface area contributed by atoms with Gasteiger partial charge in [0.15, 0.2) is 0 Å². The van der Waals surface area contributed by atoms with Gasteiger partial charge in [-0.1, -0.05) is 0 Å². The van der Waals surface area contributed by atoms with Crippen LogP contribution < -0.4 is 10.5 Å². The molecule has 104 valence electrons. The molecule has 0 aliphatic carbocycles. The van der Waals surface area contributed by atoms with E-state index >= 15 is 0 Å². The van der Waals surface area contributed by atoms with Crippen molar-refractivity contribution in [1.82, 2.24) is 4.72 Å². The molecule has 0 radical (unpaired) electrons. The van der Waals surface area contributed by atoms with Crippen LogP contribution in [0.15, 0.2) is 16.3 Å². The SMILES string of the molecule is CS(=O)CCCNS(=O)(=O)c1ccc(CCN)s1. The highest BCUT2D eigenvalue weighted by Gasteiger charge is 2.15. The molecule has 1 rings (SSSR count). The van der Waals surface area contributed by atoms with Gasteiger partial charge >= 0.3 is 0 Å². The highest BCUT2D eigenvalue weighted by molar-refractivity contribution is 7.91. The van der Waals surface area contributed by atoms with E-state index in [-0.39, 0.29) is 0 Å². The smallest absolute Gasteiger partial charge is 0.250 e. The van der Waals surface area contributed by atoms with E-state index in [2.05, 4.69) is 4.72 Å². The molecule has 1 aromatic rings. The Labute approximate surface area is 114 Å². The maximum Gasteiger partial charge on any atom is 0.250 e. The Kier molecular flexibility index (Phi) is 6.44. The lowest BCUT2D eigenvalue weighted by Gasteiger charge is -2.03. The van der Waals surface area contributed by atoms with Gasteiger partial charge in [0.2, 0.25) is 10.0 Å². The minimum Gasteiger partial charge on any atom is -0.330 e. The standard InChI is InChI=1S/C10H18N2O3S3/c1-17(13)8-2-7-12-18(14,15)10-4-3-9(16-10)5-6-11/h3-4,12H,2,5-8,11H2,1H3. The largest absolute Gasteiger partial charge is 0.330 e. The molecular weight excluding hydrogens is 292 g/mol. The van der Waals surface area contributed by atoms with Gasteiger partial charge < -0.3 is 5.73 Å². The molecule has 0 bridgehead atoms. The number of sulfonamides is 1. The van der Waals surface area contributed by atoms with Gasteiger partial charge in [-0.25, -0.2) is 13.1 Å². The summed E-state index contributed by atoms with van der Waals surface area (Å²) >= 11 is 1.24. The first-order chi connectivity index (χ1) is 8.45. The highest BCUT2D eigenvalue weighted by atomic mass is 32.2. The summed E-state index contributed by atoms with van der Waals surface area (Å²) in [5.74, 6) is 0.505. The maximum atomic E-state index is 11.9. The van der Waals surface area contributed by atoms with Crippen LogP contribution >= 0.6 is 11.3 Å². The molecule has 1 atom stereocenters. The van der Waals surface area contributed by atoms with Gasteiger partial charge in [0.1, 0.15) is 4.21 Å². The van der Waals surface area contributed by atoms with Crippen molar-refractivity contribution >= 4 is 32.2 Å². The van der Waals surface area contributed by atoms with Crippen LogP contribution in [0.1, 0.15) is 11.3 Å². The van der Waals surface area contributed by atoms with Crippen molar-refractivity contribution in [1.29, 1.82) is 0 Å². The van der Waals surface area contributed by atoms with Crippen molar-refractivity contribution in [3.05, 3.63) is 17.0 Å². The lowest BCUT2D eigenvalue weighted by Crippen LogP contribution is -2.24. The van der Waals surface area contributed by atoms with Gasteiger partial charge in [-0.05, 0) is 31.5 Å². The molecule has 1 heterocycles. The van der Waals surface area contributed by atoms with Crippen LogP contribution in [0.3, 0.4) is 0 Å². The van der Waals surface area contributed by atoms with E-state index in [1.165, 1.54) is 11.3 Å². The summed E-state index contributed by atoms with van der Waals surface area (Å²) < 4.78 is 37.4. The van der Waals surface area contributed by atoms with E-state index in [1.807, 2.05) is 0 Å². The summed E-state index contributed by atoms with van der Waals surface area (Å²) in [6, 6.07) is 3.38. The summed E-state index contributed by atoms with van der Waals surface area (Å²) in [4.78, 5) is 0.965. The van der Waals surface area contributed by atoms with E-state index in [0.29, 0.717) is 35.9 Å². The van der Waals surface area contributed by atoms with E-state index < -0.39 is 20.8 Å². The molecule has 0 saturated carbocycles. The zero-order chi connectivity index (χ0) is 13.6. The normalized spacial score (nSPS) is 13.7. The number of nitrogens with one attached hydrogen (secondary N) is 1. The molecule has 0 amide bonds. The molecule has 8 heteroatoms. The molecular formula is C10H18N2O3S3. The van der Waals surface area contributed by atoms with Gasteiger partial charge in [-0.2, -0.15) is 0 Å². The van der Waals surface area contributed by atoms with Gasteiger partial charge in [0.25, 0.3) is 0 Å². The van der Waals surface area contributed by atoms with Crippen LogP contribution in [0.4, 0.5) is 0 Å². The number of hydrogen-bond acceptors (Lipinski definition) is 5. The van der Waals surface area contributed by atoms with E-state index in [4.69, 9.17) is 5.73 Å². The molecule has 5 nitrogen and oxygen atoms in total. The van der Waals surface area contributed by atoms with Crippen molar-refractivity contribution in [3.8, 4) is 0 Å². The first-order valence-corrected chi connectivity index (χ1v) is 9.57. The molecule has 0 spiro atoms. The minimum atomic E-state index is -3.43. The third-order valence-electron chi connectivity index (χ3n) is 2.19. The fourth-order valence-corrected chi connectivity index (χ4v) is 4.37. The van der Waals surface area contributed by atoms with Crippen molar-refractivity contribution in [2.24, 2.45) is 5.73 Å². The van der Waals surface area contributed by atoms with Crippen LogP contribution in [-0.4, -0.2) is 37.7 Å². The molecule has 1 aromatic heterocycles. The number of thiophene rings is 1. The molecule has 3 N–H and O–H groups in total. The van der Waals surface area contributed by atoms with E-state index in [9.17, 15) is 12.6 Å². The summed E-state index contributed by atoms with van der Waals surface area (Å²) in [5, 5.41) is 0. The first kappa shape index (κ1) is 15.8. The quantitative estimate of drug-likeness (QED) is 0.676. The molecule has 0 aliphatic heterocycles. The predicted molar refractivity (Wildman–Crippen MR) is 75.8 cm³/mol. The summed E-state index contributed by atoms with van der Waals surface area (Å²) in [5.41, 5.74) is 5.42. The average Bonchev–Trinajstić information content (AvgIpc) is 2.74. The first-order valence-electron chi connectivity index (χ1n) is 5.54. The van der Waals surface area contributed by atoms with Crippen molar-refractivity contribution in [2.75, 3.05) is 25.1 Å². The Morgan fingerprint density at radius 2 is 2.17 bits per heavy atom. The van der Waals surface area contributed by atoms with Crippen LogP contribution in [0.2, 0.25) is 0 Å². The fraction of sp³-hybridized carbons (Fsp3) is 0.600. The van der Waals surface area contributed by atoms with E-state index in [0.717, 1.165) is 4.88 Å². The lowest BCUT2D eigenvalue weighted by molar-refractivity contribution is 0.583. The number of hydrogen-bond donors (Lipinski definition) is 2. The van der Waals surface area contributed by atoms with Crippen molar-refractivity contribution < 1.29 is 12.6 Å². The lowest BCUT2D eigenvalue weighted by atomic mass is 10.3. The zero-order valence-corrected chi connectivity index (χ0v) is 12.7. The molecule has 0 aliphatic rings. The highest BCUT2D eigenvalue weighted by Crippen LogP contribution is 2.21. The van der Waals surface area contributed by atoms with Crippen molar-refractivity contribution in [3.63, 3.8) is 0 Å². The van der Waals surface area contributed by atoms with Gasteiger partial charge in [0.05, 0.1) is 0 Å². The Morgan fingerprint density at radius 3 is 2.78 bits per heavy atom. The molecule has 0 saturated heterocycles. The summed E-state index contributed by atoms with van der Waals surface area (Å²) in [7, 11) is -4.31. The predicted octanol–water partition coefficient (Wildman–Crippen LogP) is 0.296. The Hall–Kier alpha value is -0.280. The topological polar surface area (TPSA) is 89.3 Å². The average molecular weight is 310 g/mol. The Bertz CT molecular complexity index is 496. The number of rotatable bonds is 8. The molecule has 18 heavy (non-hydrogen) atoms. The third kappa shape index (κ3) is 5.15. The van der Waals surface area contributed by atoms with Crippen molar-refractivity contribution in [2.45, 2.75) is 17.1 Å². The summed E-state index contributed by atoms with van der Waals surface area (Å²) in [6.45, 7) is 0.821.